The third kappa shape index (κ3) is 2.76. The molecule has 0 amide bonds. The summed E-state index contributed by atoms with van der Waals surface area (Å²) in [4.78, 5) is 15.7. The highest BCUT2D eigenvalue weighted by molar-refractivity contribution is 5.90. The van der Waals surface area contributed by atoms with Gasteiger partial charge >= 0.3 is 0 Å². The van der Waals surface area contributed by atoms with Crippen LogP contribution in [0.1, 0.15) is 11.5 Å². The Morgan fingerprint density at radius 1 is 1.08 bits per heavy atom. The lowest BCUT2D eigenvalue weighted by Crippen LogP contribution is -1.97. The van der Waals surface area contributed by atoms with E-state index in [1.165, 1.54) is 5.56 Å². The molecule has 5 heteroatoms. The smallest absolute Gasteiger partial charge is 0.156 e. The number of aromatic amines is 2. The van der Waals surface area contributed by atoms with Gasteiger partial charge in [-0.05, 0) is 18.1 Å². The van der Waals surface area contributed by atoms with Gasteiger partial charge in [-0.25, -0.2) is 4.98 Å². The number of nitrogens with one attached hydrogen (secondary N) is 2. The molecule has 0 fully saturated rings. The van der Waals surface area contributed by atoms with E-state index in [0.29, 0.717) is 0 Å². The zero-order valence-corrected chi connectivity index (χ0v) is 13.4. The number of hydrogen-bond acceptors (Lipinski definition) is 3. The van der Waals surface area contributed by atoms with Crippen molar-refractivity contribution in [2.45, 2.75) is 12.8 Å². The molecule has 0 saturated carbocycles. The summed E-state index contributed by atoms with van der Waals surface area (Å²) in [5, 5.41) is 0. The van der Waals surface area contributed by atoms with Gasteiger partial charge in [0.1, 0.15) is 11.6 Å². The van der Waals surface area contributed by atoms with Gasteiger partial charge in [-0.3, -0.25) is 4.98 Å². The second-order valence-corrected chi connectivity index (χ2v) is 5.66. The fourth-order valence-corrected chi connectivity index (χ4v) is 2.86. The summed E-state index contributed by atoms with van der Waals surface area (Å²) in [5.41, 5.74) is 5.26. The number of fused-ring (bicyclic) bond motifs is 1. The first kappa shape index (κ1) is 14.5. The maximum atomic E-state index is 5.24. The second-order valence-electron chi connectivity index (χ2n) is 5.66. The zero-order chi connectivity index (χ0) is 16.4. The Bertz CT molecular complexity index is 956. The lowest BCUT2D eigenvalue weighted by atomic mass is 10.1. The predicted octanol–water partition coefficient (Wildman–Crippen LogP) is 3.75. The van der Waals surface area contributed by atoms with Gasteiger partial charge in [-0.1, -0.05) is 30.3 Å². The van der Waals surface area contributed by atoms with Crippen molar-refractivity contribution in [1.29, 1.82) is 0 Å². The van der Waals surface area contributed by atoms with E-state index in [1.54, 1.807) is 13.3 Å². The quantitative estimate of drug-likeness (QED) is 0.589. The number of hydrogen-bond donors (Lipinski definition) is 2. The number of imidazole rings is 1. The standard InChI is InChI=1S/C19H18N4O/c1-24-15-9-10-20-14(11-15)7-8-17-22-18-16(12-21-19(18)23-17)13-5-3-2-4-6-13/h2-6,9-12,21H,7-8H2,1H3,(H,22,23). The molecule has 1 aromatic carbocycles. The minimum Gasteiger partial charge on any atom is -0.497 e. The molecular formula is C19H18N4O. The van der Waals surface area contributed by atoms with Crippen molar-refractivity contribution in [1.82, 2.24) is 19.9 Å². The average molecular weight is 318 g/mol. The number of rotatable bonds is 5. The first-order valence-corrected chi connectivity index (χ1v) is 7.94. The van der Waals surface area contributed by atoms with Crippen LogP contribution in [0, 0.1) is 0 Å². The van der Waals surface area contributed by atoms with E-state index < -0.39 is 0 Å². The SMILES string of the molecule is COc1ccnc(CCc2nc3[nH]cc(-c4ccccc4)c3[nH]2)c1. The van der Waals surface area contributed by atoms with Crippen molar-refractivity contribution < 1.29 is 4.74 Å². The molecule has 0 spiro atoms. The highest BCUT2D eigenvalue weighted by atomic mass is 16.5. The summed E-state index contributed by atoms with van der Waals surface area (Å²) in [7, 11) is 1.67. The summed E-state index contributed by atoms with van der Waals surface area (Å²) < 4.78 is 5.24. The van der Waals surface area contributed by atoms with Gasteiger partial charge < -0.3 is 14.7 Å². The normalized spacial score (nSPS) is 11.0. The van der Waals surface area contributed by atoms with Crippen molar-refractivity contribution >= 4 is 11.2 Å². The molecule has 120 valence electrons. The summed E-state index contributed by atoms with van der Waals surface area (Å²) >= 11 is 0. The minimum atomic E-state index is 0.802. The van der Waals surface area contributed by atoms with Crippen molar-refractivity contribution in [2.24, 2.45) is 0 Å². The average Bonchev–Trinajstić information content (AvgIpc) is 3.21. The highest BCUT2D eigenvalue weighted by Gasteiger charge is 2.11. The van der Waals surface area contributed by atoms with Gasteiger partial charge in [0.25, 0.3) is 0 Å². The lowest BCUT2D eigenvalue weighted by molar-refractivity contribution is 0.413. The van der Waals surface area contributed by atoms with E-state index in [-0.39, 0.29) is 0 Å². The van der Waals surface area contributed by atoms with Crippen LogP contribution < -0.4 is 4.74 Å². The van der Waals surface area contributed by atoms with Crippen LogP contribution in [0.5, 0.6) is 5.75 Å². The molecule has 2 N–H and O–H groups in total. The Balaban J connectivity index is 1.56. The molecule has 0 saturated heterocycles. The van der Waals surface area contributed by atoms with Crippen LogP contribution in [0.15, 0.2) is 54.9 Å². The lowest BCUT2D eigenvalue weighted by Gasteiger charge is -2.02. The molecule has 0 aliphatic heterocycles. The van der Waals surface area contributed by atoms with E-state index in [1.807, 2.05) is 36.5 Å². The molecule has 0 aliphatic rings. The number of ether oxygens (including phenoxy) is 1. The Labute approximate surface area is 139 Å². The Hall–Kier alpha value is -3.08. The van der Waals surface area contributed by atoms with Gasteiger partial charge in [0.2, 0.25) is 0 Å². The predicted molar refractivity (Wildman–Crippen MR) is 94.1 cm³/mol. The number of pyridine rings is 1. The number of nitrogens with zero attached hydrogens (tertiary/aromatic N) is 2. The first-order chi connectivity index (χ1) is 11.8. The van der Waals surface area contributed by atoms with Crippen molar-refractivity contribution in [3.63, 3.8) is 0 Å². The fourth-order valence-electron chi connectivity index (χ4n) is 2.86. The molecule has 24 heavy (non-hydrogen) atoms. The van der Waals surface area contributed by atoms with Gasteiger partial charge in [0, 0.05) is 36.1 Å². The summed E-state index contributed by atoms with van der Waals surface area (Å²) in [6, 6.07) is 14.1. The van der Waals surface area contributed by atoms with Crippen molar-refractivity contribution in [3.05, 3.63) is 66.4 Å². The molecule has 4 aromatic rings. The second kappa shape index (κ2) is 6.20. The van der Waals surface area contributed by atoms with Crippen LogP contribution in [0.3, 0.4) is 0 Å². The summed E-state index contributed by atoms with van der Waals surface area (Å²) in [5.74, 6) is 1.79. The van der Waals surface area contributed by atoms with E-state index >= 15 is 0 Å². The largest absolute Gasteiger partial charge is 0.497 e. The number of benzene rings is 1. The third-order valence-corrected chi connectivity index (χ3v) is 4.10. The molecule has 0 radical (unpaired) electrons. The number of H-pyrrole nitrogens is 2. The van der Waals surface area contributed by atoms with Crippen LogP contribution in [0.4, 0.5) is 0 Å². The van der Waals surface area contributed by atoms with Crippen LogP contribution in [-0.4, -0.2) is 27.0 Å². The molecule has 0 atom stereocenters. The molecular weight excluding hydrogens is 300 g/mol. The molecule has 5 nitrogen and oxygen atoms in total. The van der Waals surface area contributed by atoms with Crippen molar-refractivity contribution in [2.75, 3.05) is 7.11 Å². The summed E-state index contributed by atoms with van der Waals surface area (Å²) in [6.07, 6.45) is 5.38. The highest BCUT2D eigenvalue weighted by Crippen LogP contribution is 2.27. The van der Waals surface area contributed by atoms with Gasteiger partial charge in [-0.2, -0.15) is 0 Å². The van der Waals surface area contributed by atoms with Crippen LogP contribution in [0.2, 0.25) is 0 Å². The number of aryl methyl sites for hydroxylation is 2. The topological polar surface area (TPSA) is 66.6 Å². The monoisotopic (exact) mass is 318 g/mol. The molecule has 0 aliphatic carbocycles. The molecule has 0 bridgehead atoms. The molecule has 4 rings (SSSR count). The molecule has 3 heterocycles. The van der Waals surface area contributed by atoms with Gasteiger partial charge in [0.15, 0.2) is 5.65 Å². The van der Waals surface area contributed by atoms with Crippen molar-refractivity contribution in [3.8, 4) is 16.9 Å². The molecule has 0 unspecified atom stereocenters. The van der Waals surface area contributed by atoms with E-state index in [9.17, 15) is 0 Å². The number of methoxy groups -OCH3 is 1. The maximum Gasteiger partial charge on any atom is 0.156 e. The Morgan fingerprint density at radius 3 is 2.79 bits per heavy atom. The molecule has 3 aromatic heterocycles. The Kier molecular flexibility index (Phi) is 3.75. The number of aromatic nitrogens is 4. The van der Waals surface area contributed by atoms with Crippen LogP contribution >= 0.6 is 0 Å². The van der Waals surface area contributed by atoms with E-state index in [2.05, 4.69) is 32.1 Å². The summed E-state index contributed by atoms with van der Waals surface area (Å²) in [6.45, 7) is 0. The fraction of sp³-hybridized carbons (Fsp3) is 0.158. The minimum absolute atomic E-state index is 0.802. The zero-order valence-electron chi connectivity index (χ0n) is 13.4. The maximum absolute atomic E-state index is 5.24. The van der Waals surface area contributed by atoms with Crippen LogP contribution in [-0.2, 0) is 12.8 Å². The van der Waals surface area contributed by atoms with Gasteiger partial charge in [-0.15, -0.1) is 0 Å². The van der Waals surface area contributed by atoms with Crippen LogP contribution in [0.25, 0.3) is 22.3 Å². The Morgan fingerprint density at radius 2 is 1.96 bits per heavy atom. The third-order valence-electron chi connectivity index (χ3n) is 4.10. The van der Waals surface area contributed by atoms with E-state index in [0.717, 1.165) is 46.8 Å². The van der Waals surface area contributed by atoms with Gasteiger partial charge in [0.05, 0.1) is 12.6 Å². The van der Waals surface area contributed by atoms with E-state index in [4.69, 9.17) is 4.74 Å². The first-order valence-electron chi connectivity index (χ1n) is 7.94.